The molecule has 0 unspecified atom stereocenters. The number of aromatic nitrogens is 2. The van der Waals surface area contributed by atoms with Gasteiger partial charge in [-0.1, -0.05) is 0 Å². The van der Waals surface area contributed by atoms with E-state index >= 15 is 0 Å². The van der Waals surface area contributed by atoms with E-state index in [0.717, 1.165) is 81.0 Å². The maximum atomic E-state index is 12.4. The Morgan fingerprint density at radius 2 is 1.72 bits per heavy atom. The van der Waals surface area contributed by atoms with Crippen LogP contribution in [0.1, 0.15) is 18.5 Å². The highest BCUT2D eigenvalue weighted by atomic mass is 19.4. The fourth-order valence-corrected chi connectivity index (χ4v) is 4.91. The van der Waals surface area contributed by atoms with Crippen molar-refractivity contribution >= 4 is 28.4 Å². The van der Waals surface area contributed by atoms with Crippen LogP contribution in [0.3, 0.4) is 0 Å². The third kappa shape index (κ3) is 7.07. The zero-order valence-corrected chi connectivity index (χ0v) is 21.5. The van der Waals surface area contributed by atoms with Crippen LogP contribution in [0.5, 0.6) is 11.5 Å². The second-order valence-corrected chi connectivity index (χ2v) is 9.56. The first-order valence-electron chi connectivity index (χ1n) is 12.9. The summed E-state index contributed by atoms with van der Waals surface area (Å²) < 4.78 is 51.5. The predicted octanol–water partition coefficient (Wildman–Crippen LogP) is 4.16. The number of amides is 1. The molecule has 9 nitrogen and oxygen atoms in total. The average molecular weight is 546 g/mol. The molecule has 5 rings (SSSR count). The summed E-state index contributed by atoms with van der Waals surface area (Å²) in [7, 11) is 0. The Kier molecular flexibility index (Phi) is 8.03. The maximum absolute atomic E-state index is 12.4. The minimum Gasteiger partial charge on any atom is -0.484 e. The number of rotatable bonds is 7. The molecule has 1 amide bonds. The smallest absolute Gasteiger partial charge is 0.484 e. The summed E-state index contributed by atoms with van der Waals surface area (Å²) in [4.78, 5) is 26.7. The number of carbonyl (C=O) groups is 1. The van der Waals surface area contributed by atoms with Crippen LogP contribution in [0.15, 0.2) is 42.5 Å². The van der Waals surface area contributed by atoms with Crippen LogP contribution >= 0.6 is 0 Å². The molecular formula is C27H30F3N5O4. The molecule has 0 spiro atoms. The largest absolute Gasteiger partial charge is 0.573 e. The quantitative estimate of drug-likeness (QED) is 0.474. The number of piperazine rings is 1. The number of ether oxygens (including phenoxy) is 3. The average Bonchev–Trinajstić information content (AvgIpc) is 2.93. The van der Waals surface area contributed by atoms with Gasteiger partial charge in [-0.2, -0.15) is 0 Å². The summed E-state index contributed by atoms with van der Waals surface area (Å²) in [6.07, 6.45) is -2.60. The van der Waals surface area contributed by atoms with Gasteiger partial charge >= 0.3 is 6.36 Å². The van der Waals surface area contributed by atoms with Gasteiger partial charge < -0.3 is 24.4 Å². The van der Waals surface area contributed by atoms with E-state index in [4.69, 9.17) is 19.4 Å². The number of carbonyl (C=O) groups excluding carboxylic acids is 1. The lowest BCUT2D eigenvalue weighted by Gasteiger charge is -2.40. The molecule has 0 radical (unpaired) electrons. The van der Waals surface area contributed by atoms with E-state index in [-0.39, 0.29) is 18.1 Å². The minimum absolute atomic E-state index is 0.239. The van der Waals surface area contributed by atoms with Crippen LogP contribution < -0.4 is 19.7 Å². The van der Waals surface area contributed by atoms with Gasteiger partial charge in [-0.15, -0.1) is 13.2 Å². The van der Waals surface area contributed by atoms with Crippen molar-refractivity contribution in [2.45, 2.75) is 32.2 Å². The summed E-state index contributed by atoms with van der Waals surface area (Å²) in [6, 6.07) is 10.9. The van der Waals surface area contributed by atoms with Gasteiger partial charge in [-0.3, -0.25) is 9.69 Å². The van der Waals surface area contributed by atoms with Crippen molar-refractivity contribution in [1.82, 2.24) is 14.9 Å². The lowest BCUT2D eigenvalue weighted by molar-refractivity contribution is -0.274. The van der Waals surface area contributed by atoms with Gasteiger partial charge in [-0.25, -0.2) is 9.97 Å². The van der Waals surface area contributed by atoms with E-state index in [2.05, 4.69) is 19.9 Å². The third-order valence-corrected chi connectivity index (χ3v) is 6.89. The number of aryl methyl sites for hydroxylation is 1. The second-order valence-electron chi connectivity index (χ2n) is 9.56. The van der Waals surface area contributed by atoms with E-state index in [1.165, 1.54) is 12.1 Å². The molecule has 3 heterocycles. The normalized spacial score (nSPS) is 17.3. The molecule has 2 aliphatic rings. The van der Waals surface area contributed by atoms with Crippen LogP contribution in [0.4, 0.5) is 24.8 Å². The summed E-state index contributed by atoms with van der Waals surface area (Å²) in [6.45, 7) is 6.98. The van der Waals surface area contributed by atoms with Crippen molar-refractivity contribution in [3.8, 4) is 11.5 Å². The molecule has 0 bridgehead atoms. The summed E-state index contributed by atoms with van der Waals surface area (Å²) in [5.74, 6) is 0.169. The Bertz CT molecular complexity index is 1290. The topological polar surface area (TPSA) is 89.1 Å². The van der Waals surface area contributed by atoms with Gasteiger partial charge in [-0.05, 0) is 62.2 Å². The van der Waals surface area contributed by atoms with Crippen molar-refractivity contribution in [2.75, 3.05) is 56.2 Å². The molecule has 12 heteroatoms. The number of benzene rings is 2. The molecule has 3 aromatic rings. The first-order chi connectivity index (χ1) is 18.7. The van der Waals surface area contributed by atoms with E-state index in [9.17, 15) is 18.0 Å². The highest BCUT2D eigenvalue weighted by molar-refractivity contribution is 5.95. The maximum Gasteiger partial charge on any atom is 0.573 e. The van der Waals surface area contributed by atoms with E-state index in [0.29, 0.717) is 17.7 Å². The monoisotopic (exact) mass is 545 g/mol. The van der Waals surface area contributed by atoms with Crippen molar-refractivity contribution in [3.05, 3.63) is 48.2 Å². The molecule has 39 heavy (non-hydrogen) atoms. The van der Waals surface area contributed by atoms with Gasteiger partial charge in [0.25, 0.3) is 5.91 Å². The zero-order chi connectivity index (χ0) is 27.4. The summed E-state index contributed by atoms with van der Waals surface area (Å²) in [5, 5.41) is 3.60. The number of hydrogen-bond donors (Lipinski definition) is 1. The molecule has 1 aromatic heterocycles. The fourth-order valence-electron chi connectivity index (χ4n) is 4.91. The molecule has 2 aromatic carbocycles. The molecule has 208 valence electrons. The molecule has 2 saturated heterocycles. The summed E-state index contributed by atoms with van der Waals surface area (Å²) >= 11 is 0. The standard InChI is InChI=1S/C27H30F3N5O4/c1-18-23-16-19(32-25(36)17-38-21-3-5-22(6-4-21)39-27(28,29)30)2-7-24(23)33-26(31-18)35-12-10-34(11-13-35)20-8-14-37-15-9-20/h2-7,16,20H,8-15,17H2,1H3,(H,32,36). The van der Waals surface area contributed by atoms with Crippen molar-refractivity contribution in [3.63, 3.8) is 0 Å². The van der Waals surface area contributed by atoms with Crippen LogP contribution in [0.25, 0.3) is 10.9 Å². The summed E-state index contributed by atoms with van der Waals surface area (Å²) in [5.41, 5.74) is 2.17. The number of halogens is 3. The van der Waals surface area contributed by atoms with Gasteiger partial charge in [0.15, 0.2) is 6.61 Å². The lowest BCUT2D eigenvalue weighted by Crippen LogP contribution is -2.52. The van der Waals surface area contributed by atoms with Gasteiger partial charge in [0.05, 0.1) is 11.2 Å². The Morgan fingerprint density at radius 3 is 2.41 bits per heavy atom. The molecule has 1 N–H and O–H groups in total. The van der Waals surface area contributed by atoms with Crippen LogP contribution in [0.2, 0.25) is 0 Å². The first-order valence-corrected chi connectivity index (χ1v) is 12.9. The fraction of sp³-hybridized carbons (Fsp3) is 0.444. The number of alkyl halides is 3. The Labute approximate surface area is 223 Å². The van der Waals surface area contributed by atoms with Crippen LogP contribution in [-0.4, -0.2) is 79.2 Å². The minimum atomic E-state index is -4.77. The second kappa shape index (κ2) is 11.6. The number of hydrogen-bond acceptors (Lipinski definition) is 8. The number of nitrogens with zero attached hydrogens (tertiary/aromatic N) is 4. The van der Waals surface area contributed by atoms with Crippen LogP contribution in [-0.2, 0) is 9.53 Å². The van der Waals surface area contributed by atoms with E-state index in [1.54, 1.807) is 6.07 Å². The molecule has 2 fully saturated rings. The molecular weight excluding hydrogens is 515 g/mol. The Balaban J connectivity index is 1.16. The Hall–Kier alpha value is -3.64. The number of anilines is 2. The van der Waals surface area contributed by atoms with E-state index in [1.807, 2.05) is 19.1 Å². The molecule has 0 atom stereocenters. The molecule has 0 saturated carbocycles. The van der Waals surface area contributed by atoms with Gasteiger partial charge in [0.1, 0.15) is 11.5 Å². The first kappa shape index (κ1) is 26.9. The van der Waals surface area contributed by atoms with Gasteiger partial charge in [0.2, 0.25) is 5.95 Å². The lowest BCUT2D eigenvalue weighted by atomic mass is 10.1. The number of fused-ring (bicyclic) bond motifs is 1. The number of nitrogens with one attached hydrogen (secondary N) is 1. The van der Waals surface area contributed by atoms with Crippen LogP contribution in [0, 0.1) is 6.92 Å². The highest BCUT2D eigenvalue weighted by Crippen LogP contribution is 2.26. The van der Waals surface area contributed by atoms with Crippen molar-refractivity contribution in [2.24, 2.45) is 0 Å². The van der Waals surface area contributed by atoms with Gasteiger partial charge in [0, 0.05) is 56.5 Å². The Morgan fingerprint density at radius 1 is 1.03 bits per heavy atom. The third-order valence-electron chi connectivity index (χ3n) is 6.89. The zero-order valence-electron chi connectivity index (χ0n) is 21.5. The highest BCUT2D eigenvalue weighted by Gasteiger charge is 2.31. The predicted molar refractivity (Wildman–Crippen MR) is 139 cm³/mol. The molecule has 2 aliphatic heterocycles. The molecule has 0 aliphatic carbocycles. The van der Waals surface area contributed by atoms with Crippen molar-refractivity contribution in [1.29, 1.82) is 0 Å². The van der Waals surface area contributed by atoms with E-state index < -0.39 is 12.3 Å². The van der Waals surface area contributed by atoms with Crippen molar-refractivity contribution < 1.29 is 32.2 Å². The SMILES string of the molecule is Cc1nc(N2CCN(C3CCOCC3)CC2)nc2ccc(NC(=O)COc3ccc(OC(F)(F)F)cc3)cc12.